The van der Waals surface area contributed by atoms with Gasteiger partial charge in [0.05, 0.1) is 12.7 Å². The number of benzene rings is 2. The summed E-state index contributed by atoms with van der Waals surface area (Å²) in [6, 6.07) is 10.3. The topological polar surface area (TPSA) is 87.6 Å². The van der Waals surface area contributed by atoms with Gasteiger partial charge in [-0.2, -0.15) is 0 Å². The van der Waals surface area contributed by atoms with Crippen molar-refractivity contribution in [2.75, 3.05) is 12.8 Å². The second-order valence-electron chi connectivity index (χ2n) is 4.37. The highest BCUT2D eigenvalue weighted by Gasteiger charge is 2.11. The number of ether oxygens (including phenoxy) is 2. The Balaban J connectivity index is 2.22. The predicted octanol–water partition coefficient (Wildman–Crippen LogP) is 2.72. The molecule has 0 fully saturated rings. The molecule has 0 aliphatic heterocycles. The van der Waals surface area contributed by atoms with E-state index >= 15 is 0 Å². The molecule has 0 spiro atoms. The molecule has 5 nitrogen and oxygen atoms in total. The van der Waals surface area contributed by atoms with Crippen molar-refractivity contribution >= 4 is 27.5 Å². The number of anilines is 1. The monoisotopic (exact) mass is 350 g/mol. The first-order valence-corrected chi connectivity index (χ1v) is 6.95. The van der Waals surface area contributed by atoms with E-state index in [0.717, 1.165) is 15.8 Å². The first-order chi connectivity index (χ1) is 10.0. The van der Waals surface area contributed by atoms with E-state index in [1.165, 1.54) is 6.07 Å². The van der Waals surface area contributed by atoms with Crippen LogP contribution in [-0.4, -0.2) is 13.0 Å². The molecule has 0 aromatic heterocycles. The molecular formula is C15H15BrN2O3. The average Bonchev–Trinajstić information content (AvgIpc) is 2.47. The fourth-order valence-electron chi connectivity index (χ4n) is 1.81. The maximum Gasteiger partial charge on any atom is 0.252 e. The zero-order chi connectivity index (χ0) is 15.4. The third kappa shape index (κ3) is 3.66. The molecule has 110 valence electrons. The molecule has 0 unspecified atom stereocenters. The minimum Gasteiger partial charge on any atom is -0.497 e. The highest BCUT2D eigenvalue weighted by atomic mass is 79.9. The molecule has 0 aliphatic rings. The van der Waals surface area contributed by atoms with Crippen molar-refractivity contribution in [1.29, 1.82) is 0 Å². The maximum atomic E-state index is 11.4. The summed E-state index contributed by atoms with van der Waals surface area (Å²) in [5.41, 5.74) is 12.6. The Kier molecular flexibility index (Phi) is 4.70. The van der Waals surface area contributed by atoms with Crippen LogP contribution in [0.3, 0.4) is 0 Å². The van der Waals surface area contributed by atoms with Crippen LogP contribution in [0, 0.1) is 0 Å². The Morgan fingerprint density at radius 2 is 2.00 bits per heavy atom. The lowest BCUT2D eigenvalue weighted by molar-refractivity contribution is 0.0996. The number of methoxy groups -OCH3 is 1. The Bertz CT molecular complexity index is 674. The van der Waals surface area contributed by atoms with Gasteiger partial charge in [-0.3, -0.25) is 4.79 Å². The summed E-state index contributed by atoms with van der Waals surface area (Å²) in [5, 5.41) is 0. The van der Waals surface area contributed by atoms with E-state index in [2.05, 4.69) is 15.9 Å². The molecule has 0 saturated carbocycles. The summed E-state index contributed by atoms with van der Waals surface area (Å²) in [4.78, 5) is 11.4. The maximum absolute atomic E-state index is 11.4. The number of nitrogen functional groups attached to an aromatic ring is 1. The number of primary amides is 1. The zero-order valence-corrected chi connectivity index (χ0v) is 13.0. The molecule has 0 aliphatic carbocycles. The van der Waals surface area contributed by atoms with Crippen molar-refractivity contribution in [3.05, 3.63) is 52.0 Å². The molecular weight excluding hydrogens is 336 g/mol. The first-order valence-electron chi connectivity index (χ1n) is 6.16. The van der Waals surface area contributed by atoms with Crippen LogP contribution in [0.5, 0.6) is 11.5 Å². The van der Waals surface area contributed by atoms with Crippen molar-refractivity contribution in [2.45, 2.75) is 6.61 Å². The lowest BCUT2D eigenvalue weighted by Crippen LogP contribution is -2.13. The predicted molar refractivity (Wildman–Crippen MR) is 84.4 cm³/mol. The molecule has 2 aromatic carbocycles. The molecule has 2 aromatic rings. The molecule has 0 bridgehead atoms. The van der Waals surface area contributed by atoms with Gasteiger partial charge in [0.15, 0.2) is 0 Å². The van der Waals surface area contributed by atoms with Crippen LogP contribution in [-0.2, 0) is 6.61 Å². The summed E-state index contributed by atoms with van der Waals surface area (Å²) in [6.45, 7) is 0.266. The van der Waals surface area contributed by atoms with Crippen molar-refractivity contribution in [2.24, 2.45) is 5.73 Å². The van der Waals surface area contributed by atoms with E-state index < -0.39 is 5.91 Å². The third-order valence-electron chi connectivity index (χ3n) is 2.91. The molecule has 21 heavy (non-hydrogen) atoms. The van der Waals surface area contributed by atoms with E-state index in [1.807, 2.05) is 18.2 Å². The number of hydrogen-bond donors (Lipinski definition) is 2. The Morgan fingerprint density at radius 1 is 1.24 bits per heavy atom. The van der Waals surface area contributed by atoms with Crippen LogP contribution in [0.4, 0.5) is 5.69 Å². The third-order valence-corrected chi connectivity index (χ3v) is 3.68. The van der Waals surface area contributed by atoms with Crippen LogP contribution in [0.15, 0.2) is 40.9 Å². The Hall–Kier alpha value is -2.21. The van der Waals surface area contributed by atoms with Crippen molar-refractivity contribution in [1.82, 2.24) is 0 Å². The smallest absolute Gasteiger partial charge is 0.252 e. The fraction of sp³-hybridized carbons (Fsp3) is 0.133. The normalized spacial score (nSPS) is 10.2. The summed E-state index contributed by atoms with van der Waals surface area (Å²) in [6.07, 6.45) is 0. The number of halogens is 1. The minimum atomic E-state index is -0.581. The molecule has 0 radical (unpaired) electrons. The molecule has 1 amide bonds. The average molecular weight is 351 g/mol. The van der Waals surface area contributed by atoms with Crippen molar-refractivity contribution < 1.29 is 14.3 Å². The van der Waals surface area contributed by atoms with Gasteiger partial charge in [0.25, 0.3) is 5.91 Å². The first kappa shape index (κ1) is 15.2. The van der Waals surface area contributed by atoms with Crippen LogP contribution in [0.25, 0.3) is 0 Å². The summed E-state index contributed by atoms with van der Waals surface area (Å²) in [7, 11) is 1.60. The van der Waals surface area contributed by atoms with Gasteiger partial charge in [0, 0.05) is 15.7 Å². The van der Waals surface area contributed by atoms with Gasteiger partial charge in [-0.25, -0.2) is 0 Å². The van der Waals surface area contributed by atoms with Gasteiger partial charge >= 0.3 is 0 Å². The molecule has 0 atom stereocenters. The second-order valence-corrected chi connectivity index (χ2v) is 5.22. The number of amides is 1. The van der Waals surface area contributed by atoms with Crippen LogP contribution in [0.1, 0.15) is 15.9 Å². The van der Waals surface area contributed by atoms with Crippen molar-refractivity contribution in [3.8, 4) is 11.5 Å². The highest BCUT2D eigenvalue weighted by Crippen LogP contribution is 2.26. The lowest BCUT2D eigenvalue weighted by Gasteiger charge is -2.12. The number of nitrogens with two attached hydrogens (primary N) is 2. The zero-order valence-electron chi connectivity index (χ0n) is 11.4. The number of hydrogen-bond acceptors (Lipinski definition) is 4. The minimum absolute atomic E-state index is 0.258. The second kappa shape index (κ2) is 6.49. The quantitative estimate of drug-likeness (QED) is 0.811. The Labute approximate surface area is 131 Å². The van der Waals surface area contributed by atoms with E-state index in [1.54, 1.807) is 19.2 Å². The van der Waals surface area contributed by atoms with Crippen LogP contribution in [0.2, 0.25) is 0 Å². The van der Waals surface area contributed by atoms with Gasteiger partial charge in [0.1, 0.15) is 18.1 Å². The largest absolute Gasteiger partial charge is 0.497 e. The van der Waals surface area contributed by atoms with Crippen LogP contribution >= 0.6 is 15.9 Å². The summed E-state index contributed by atoms with van der Waals surface area (Å²) >= 11 is 3.45. The lowest BCUT2D eigenvalue weighted by atomic mass is 10.1. The molecule has 6 heteroatoms. The highest BCUT2D eigenvalue weighted by molar-refractivity contribution is 9.10. The molecule has 0 heterocycles. The molecule has 2 rings (SSSR count). The van der Waals surface area contributed by atoms with E-state index in [9.17, 15) is 4.79 Å². The van der Waals surface area contributed by atoms with Gasteiger partial charge in [-0.1, -0.05) is 15.9 Å². The van der Waals surface area contributed by atoms with Crippen molar-refractivity contribution in [3.63, 3.8) is 0 Å². The number of rotatable bonds is 5. The van der Waals surface area contributed by atoms with Gasteiger partial charge in [0.2, 0.25) is 0 Å². The SMILES string of the molecule is COc1ccc(Br)c(COc2ccc(N)cc2C(N)=O)c1. The fourth-order valence-corrected chi connectivity index (χ4v) is 2.17. The summed E-state index contributed by atoms with van der Waals surface area (Å²) < 4.78 is 11.7. The van der Waals surface area contributed by atoms with Gasteiger partial charge in [-0.05, 0) is 36.4 Å². The van der Waals surface area contributed by atoms with E-state index in [4.69, 9.17) is 20.9 Å². The van der Waals surface area contributed by atoms with Gasteiger partial charge in [-0.15, -0.1) is 0 Å². The number of carbonyl (C=O) groups is 1. The standard InChI is InChI=1S/C15H15BrN2O3/c1-20-11-3-4-13(16)9(6-11)8-21-14-5-2-10(17)7-12(14)15(18)19/h2-7H,8,17H2,1H3,(H2,18,19). The molecule has 0 saturated heterocycles. The van der Waals surface area contributed by atoms with Gasteiger partial charge < -0.3 is 20.9 Å². The van der Waals surface area contributed by atoms with E-state index in [0.29, 0.717) is 11.4 Å². The summed E-state index contributed by atoms with van der Waals surface area (Å²) in [5.74, 6) is 0.539. The van der Waals surface area contributed by atoms with E-state index in [-0.39, 0.29) is 12.2 Å². The molecule has 4 N–H and O–H groups in total. The van der Waals surface area contributed by atoms with Crippen LogP contribution < -0.4 is 20.9 Å². The Morgan fingerprint density at radius 3 is 2.67 bits per heavy atom. The number of carbonyl (C=O) groups excluding carboxylic acids is 1.